The van der Waals surface area contributed by atoms with Crippen LogP contribution in [0.3, 0.4) is 0 Å². The zero-order valence-electron chi connectivity index (χ0n) is 26.8. The molecule has 0 heterocycles. The zero-order valence-corrected chi connectivity index (χ0v) is 27.7. The van der Waals surface area contributed by atoms with Crippen molar-refractivity contribution in [1.82, 2.24) is 9.80 Å². The number of hydrogen-bond donors (Lipinski definition) is 1. The van der Waals surface area contributed by atoms with E-state index in [-0.39, 0.29) is 37.8 Å². The summed E-state index contributed by atoms with van der Waals surface area (Å²) in [6, 6.07) is 23.1. The molecule has 0 aromatic heterocycles. The van der Waals surface area contributed by atoms with Gasteiger partial charge in [0.2, 0.25) is 0 Å². The summed E-state index contributed by atoms with van der Waals surface area (Å²) in [4.78, 5) is 29.0. The van der Waals surface area contributed by atoms with E-state index in [1.807, 2.05) is 58.0 Å². The molecular weight excluding hydrogens is 592 g/mol. The highest BCUT2D eigenvalue weighted by Crippen LogP contribution is 2.42. The first kappa shape index (κ1) is 35.6. The number of methoxy groups -OCH3 is 2. The molecule has 3 rings (SSSR count). The second-order valence-electron chi connectivity index (χ2n) is 12.0. The number of carbonyl (C=O) groups excluding carboxylic acids is 2. The number of rotatable bonds is 16. The van der Waals surface area contributed by atoms with Crippen molar-refractivity contribution in [2.24, 2.45) is 11.8 Å². The molecule has 2 amide bonds. The molecule has 2 unspecified atom stereocenters. The van der Waals surface area contributed by atoms with Gasteiger partial charge >= 0.3 is 0 Å². The molecule has 0 saturated heterocycles. The minimum Gasteiger partial charge on any atom is -0.530 e. The van der Waals surface area contributed by atoms with E-state index in [9.17, 15) is 24.9 Å². The van der Waals surface area contributed by atoms with Crippen molar-refractivity contribution in [3.8, 4) is 11.5 Å². The van der Waals surface area contributed by atoms with Crippen LogP contribution in [0, 0.1) is 11.8 Å². The molecule has 3 aromatic rings. The van der Waals surface area contributed by atoms with Crippen molar-refractivity contribution < 1.29 is 34.4 Å². The van der Waals surface area contributed by atoms with Gasteiger partial charge in [-0.25, -0.2) is 0 Å². The van der Waals surface area contributed by atoms with Crippen LogP contribution in [0.5, 0.6) is 11.5 Å². The molecule has 0 aliphatic rings. The van der Waals surface area contributed by atoms with Crippen LogP contribution in [0.25, 0.3) is 0 Å². The lowest BCUT2D eigenvalue weighted by Gasteiger charge is -2.53. The maximum atomic E-state index is 13.1. The van der Waals surface area contributed by atoms with Gasteiger partial charge in [-0.05, 0) is 72.2 Å². The predicted octanol–water partition coefficient (Wildman–Crippen LogP) is 5.00. The third-order valence-electron chi connectivity index (χ3n) is 7.66. The van der Waals surface area contributed by atoms with Crippen LogP contribution in [0.1, 0.15) is 51.7 Å². The number of carboxylic acid groups (broad SMARTS) is 2. The molecule has 9 nitrogen and oxygen atoms in total. The number of thioether (sulfide) groups is 1. The fourth-order valence-electron chi connectivity index (χ4n) is 5.82. The predicted molar refractivity (Wildman–Crippen MR) is 172 cm³/mol. The summed E-state index contributed by atoms with van der Waals surface area (Å²) in [5.41, 5.74) is -0.105. The van der Waals surface area contributed by atoms with Gasteiger partial charge in [-0.2, -0.15) is 0 Å². The van der Waals surface area contributed by atoms with Crippen LogP contribution in [-0.4, -0.2) is 58.3 Å². The van der Waals surface area contributed by atoms with Gasteiger partial charge in [0.1, 0.15) is 35.2 Å². The van der Waals surface area contributed by atoms with E-state index in [4.69, 9.17) is 9.47 Å². The number of nitrogens with zero attached hydrogens (tertiary/aromatic N) is 2. The van der Waals surface area contributed by atoms with Gasteiger partial charge in [-0.15, -0.1) is 0 Å². The van der Waals surface area contributed by atoms with Crippen molar-refractivity contribution >= 4 is 23.9 Å². The lowest BCUT2D eigenvalue weighted by molar-refractivity contribution is -0.279. The minimum absolute atomic E-state index is 0.0588. The topological polar surface area (TPSA) is 125 Å². The number of aliphatic hydroxyl groups is 1. The number of benzene rings is 3. The molecule has 10 heteroatoms. The number of amides is 2. The molecule has 0 saturated carbocycles. The summed E-state index contributed by atoms with van der Waals surface area (Å²) in [5.74, 6) is 1.12. The van der Waals surface area contributed by atoms with Crippen molar-refractivity contribution in [1.29, 1.82) is 0 Å². The molecule has 0 aliphatic carbocycles. The van der Waals surface area contributed by atoms with Crippen molar-refractivity contribution in [2.75, 3.05) is 14.2 Å². The summed E-state index contributed by atoms with van der Waals surface area (Å²) in [7, 11) is 3.10. The largest absolute Gasteiger partial charge is 0.530 e. The average molecular weight is 637 g/mol. The molecule has 2 atom stereocenters. The van der Waals surface area contributed by atoms with Crippen LogP contribution in [-0.2, 0) is 13.1 Å². The van der Waals surface area contributed by atoms with Gasteiger partial charge in [0.25, 0.3) is 0 Å². The normalized spacial score (nSPS) is 12.9. The third-order valence-corrected chi connectivity index (χ3v) is 8.95. The Kier molecular flexibility index (Phi) is 13.0. The maximum Gasteiger partial charge on any atom is 0.138 e. The summed E-state index contributed by atoms with van der Waals surface area (Å²) in [5, 5.41) is 37.5. The Morgan fingerprint density at radius 2 is 1.22 bits per heavy atom. The van der Waals surface area contributed by atoms with Gasteiger partial charge in [-0.1, -0.05) is 81.9 Å². The molecule has 0 spiro atoms. The lowest BCUT2D eigenvalue weighted by atomic mass is 9.75. The van der Waals surface area contributed by atoms with Crippen LogP contribution in [0.15, 0.2) is 83.8 Å². The number of hydrogen-bond acceptors (Lipinski definition) is 8. The van der Waals surface area contributed by atoms with E-state index in [2.05, 4.69) is 0 Å². The molecule has 0 aliphatic heterocycles. The standard InChI is InChI=1S/C35H46N2O7S/c1-24(2)20-35(21-25(3)4,37(34(41)42)23-27-14-18-29(44-6)19-15-27)31(38)32(45-30-10-8-7-9-11-30)36(33(39)40)22-26-12-16-28(43-5)17-13-26/h7-19,24-25,31-32,38H,20-23H2,1-6H3,(H,39,40)(H,41,42)/p-2. The first-order valence-electron chi connectivity index (χ1n) is 15.0. The summed E-state index contributed by atoms with van der Waals surface area (Å²) in [6.45, 7) is 7.64. The first-order valence-corrected chi connectivity index (χ1v) is 15.9. The monoisotopic (exact) mass is 636 g/mol. The van der Waals surface area contributed by atoms with Crippen molar-refractivity contribution in [2.45, 2.75) is 75.5 Å². The molecule has 3 aromatic carbocycles. The third kappa shape index (κ3) is 9.55. The minimum atomic E-state index is -1.49. The lowest BCUT2D eigenvalue weighted by Crippen LogP contribution is -2.67. The first-order chi connectivity index (χ1) is 21.4. The maximum absolute atomic E-state index is 13.1. The molecule has 1 N–H and O–H groups in total. The fourth-order valence-corrected chi connectivity index (χ4v) is 7.09. The van der Waals surface area contributed by atoms with Gasteiger partial charge in [0, 0.05) is 18.0 Å². The van der Waals surface area contributed by atoms with Crippen LogP contribution in [0.2, 0.25) is 0 Å². The molecular formula is C35H44N2O7S-2. The van der Waals surface area contributed by atoms with E-state index >= 15 is 0 Å². The second kappa shape index (κ2) is 16.4. The Bertz CT molecular complexity index is 1340. The molecule has 45 heavy (non-hydrogen) atoms. The van der Waals surface area contributed by atoms with Gasteiger partial charge in [-0.3, -0.25) is 0 Å². The van der Waals surface area contributed by atoms with Gasteiger partial charge in [0.05, 0.1) is 19.8 Å². The van der Waals surface area contributed by atoms with E-state index in [0.717, 1.165) is 16.7 Å². The highest BCUT2D eigenvalue weighted by Gasteiger charge is 2.49. The Morgan fingerprint density at radius 1 is 0.756 bits per heavy atom. The number of carbonyl (C=O) groups is 2. The molecule has 0 fully saturated rings. The fraction of sp³-hybridized carbons (Fsp3) is 0.429. The van der Waals surface area contributed by atoms with E-state index in [1.165, 1.54) is 4.90 Å². The van der Waals surface area contributed by atoms with Crippen molar-refractivity contribution in [3.63, 3.8) is 0 Å². The highest BCUT2D eigenvalue weighted by molar-refractivity contribution is 8.00. The Morgan fingerprint density at radius 3 is 1.62 bits per heavy atom. The number of ether oxygens (including phenoxy) is 2. The Labute approximate surface area is 270 Å². The SMILES string of the molecule is COc1ccc(CN(C(=O)[O-])C(Sc2ccccc2)C(O)C(CC(C)C)(CC(C)C)N(Cc2ccc(OC)cc2)C(=O)[O-])cc1. The van der Waals surface area contributed by atoms with Crippen LogP contribution < -0.4 is 19.7 Å². The smallest absolute Gasteiger partial charge is 0.138 e. The summed E-state index contributed by atoms with van der Waals surface area (Å²) < 4.78 is 10.5. The second-order valence-corrected chi connectivity index (χ2v) is 13.2. The quantitative estimate of drug-likeness (QED) is 0.172. The highest BCUT2D eigenvalue weighted by atomic mass is 32.2. The van der Waals surface area contributed by atoms with E-state index < -0.39 is 29.2 Å². The van der Waals surface area contributed by atoms with E-state index in [1.54, 1.807) is 62.8 Å². The van der Waals surface area contributed by atoms with Gasteiger partial charge in [0.15, 0.2) is 0 Å². The van der Waals surface area contributed by atoms with Crippen LogP contribution >= 0.6 is 11.8 Å². The summed E-state index contributed by atoms with van der Waals surface area (Å²) in [6.07, 6.45) is -3.92. The van der Waals surface area contributed by atoms with Gasteiger partial charge < -0.3 is 44.2 Å². The van der Waals surface area contributed by atoms with E-state index in [0.29, 0.717) is 27.5 Å². The average Bonchev–Trinajstić information content (AvgIpc) is 3.01. The molecule has 0 bridgehead atoms. The molecule has 244 valence electrons. The van der Waals surface area contributed by atoms with Crippen molar-refractivity contribution in [3.05, 3.63) is 90.0 Å². The Balaban J connectivity index is 2.20. The van der Waals surface area contributed by atoms with Crippen LogP contribution in [0.4, 0.5) is 9.59 Å². The zero-order chi connectivity index (χ0) is 33.1. The Hall–Kier alpha value is -3.89. The molecule has 0 radical (unpaired) electrons. The number of aliphatic hydroxyl groups excluding tert-OH is 1. The summed E-state index contributed by atoms with van der Waals surface area (Å²) >= 11 is 1.16.